The number of esters is 1. The Hall–Kier alpha value is -0.580. The molecule has 1 aliphatic carbocycles. The lowest BCUT2D eigenvalue weighted by Gasteiger charge is -2.21. The minimum atomic E-state index is -3.06. The van der Waals surface area contributed by atoms with Gasteiger partial charge in [-0.2, -0.15) is 0 Å². The van der Waals surface area contributed by atoms with Crippen LogP contribution in [0.2, 0.25) is 0 Å². The molecular weight excluding hydrogens is 216 g/mol. The number of carbonyl (C=O) groups excluding carboxylic acids is 1. The van der Waals surface area contributed by atoms with Crippen molar-refractivity contribution in [2.75, 3.05) is 12.0 Å². The zero-order valence-electron chi connectivity index (χ0n) is 9.07. The largest absolute Gasteiger partial charge is 0.462 e. The standard InChI is InChI=1S/C10H18O4S/c1-15(12,13)8-7-10(11)14-9-5-3-2-4-6-9/h9H,2-8H2,1H3. The van der Waals surface area contributed by atoms with Gasteiger partial charge in [-0.3, -0.25) is 4.79 Å². The van der Waals surface area contributed by atoms with Crippen LogP contribution in [-0.4, -0.2) is 32.5 Å². The summed E-state index contributed by atoms with van der Waals surface area (Å²) < 4.78 is 26.8. The molecule has 0 amide bonds. The second-order valence-corrected chi connectivity index (χ2v) is 6.39. The third-order valence-electron chi connectivity index (χ3n) is 2.53. The van der Waals surface area contributed by atoms with Crippen LogP contribution >= 0.6 is 0 Å². The molecule has 0 bridgehead atoms. The van der Waals surface area contributed by atoms with Gasteiger partial charge >= 0.3 is 5.97 Å². The molecule has 0 saturated heterocycles. The van der Waals surface area contributed by atoms with Gasteiger partial charge in [0.25, 0.3) is 0 Å². The first-order chi connectivity index (χ1) is 6.97. The van der Waals surface area contributed by atoms with Gasteiger partial charge in [0, 0.05) is 6.26 Å². The van der Waals surface area contributed by atoms with Crippen molar-refractivity contribution in [1.29, 1.82) is 0 Å². The summed E-state index contributed by atoms with van der Waals surface area (Å²) in [6, 6.07) is 0. The van der Waals surface area contributed by atoms with Gasteiger partial charge in [-0.15, -0.1) is 0 Å². The molecule has 4 nitrogen and oxygen atoms in total. The molecule has 88 valence electrons. The normalized spacial score (nSPS) is 18.7. The molecule has 0 aromatic heterocycles. The maximum Gasteiger partial charge on any atom is 0.307 e. The summed E-state index contributed by atoms with van der Waals surface area (Å²) in [6.07, 6.45) is 6.38. The lowest BCUT2D eigenvalue weighted by molar-refractivity contribution is -0.149. The molecule has 1 saturated carbocycles. The third kappa shape index (κ3) is 5.77. The molecule has 0 atom stereocenters. The van der Waals surface area contributed by atoms with E-state index in [0.29, 0.717) is 0 Å². The van der Waals surface area contributed by atoms with E-state index in [1.807, 2.05) is 0 Å². The van der Waals surface area contributed by atoms with Gasteiger partial charge in [0.2, 0.25) is 0 Å². The van der Waals surface area contributed by atoms with Crippen molar-refractivity contribution in [2.24, 2.45) is 0 Å². The van der Waals surface area contributed by atoms with Crippen LogP contribution in [0.3, 0.4) is 0 Å². The van der Waals surface area contributed by atoms with Gasteiger partial charge in [-0.1, -0.05) is 6.42 Å². The lowest BCUT2D eigenvalue weighted by Crippen LogP contribution is -2.22. The van der Waals surface area contributed by atoms with E-state index in [9.17, 15) is 13.2 Å². The molecule has 1 rings (SSSR count). The number of ether oxygens (including phenoxy) is 1. The van der Waals surface area contributed by atoms with Gasteiger partial charge in [-0.25, -0.2) is 8.42 Å². The molecule has 0 aromatic rings. The minimum absolute atomic E-state index is 0.0185. The van der Waals surface area contributed by atoms with E-state index in [1.165, 1.54) is 6.42 Å². The quantitative estimate of drug-likeness (QED) is 0.688. The number of carbonyl (C=O) groups is 1. The van der Waals surface area contributed by atoms with Crippen LogP contribution in [0.4, 0.5) is 0 Å². The van der Waals surface area contributed by atoms with Gasteiger partial charge in [-0.05, 0) is 25.7 Å². The molecule has 15 heavy (non-hydrogen) atoms. The summed E-state index contributed by atoms with van der Waals surface area (Å²) in [7, 11) is -3.06. The van der Waals surface area contributed by atoms with E-state index in [4.69, 9.17) is 4.74 Å². The number of sulfone groups is 1. The first-order valence-corrected chi connectivity index (χ1v) is 7.40. The summed E-state index contributed by atoms with van der Waals surface area (Å²) in [5, 5.41) is 0. The molecule has 1 aliphatic rings. The van der Waals surface area contributed by atoms with Crippen molar-refractivity contribution in [1.82, 2.24) is 0 Å². The van der Waals surface area contributed by atoms with Crippen molar-refractivity contribution < 1.29 is 17.9 Å². The van der Waals surface area contributed by atoms with Crippen molar-refractivity contribution in [3.63, 3.8) is 0 Å². The predicted molar refractivity (Wildman–Crippen MR) is 57.3 cm³/mol. The van der Waals surface area contributed by atoms with Crippen molar-refractivity contribution >= 4 is 15.8 Å². The van der Waals surface area contributed by atoms with E-state index in [0.717, 1.165) is 31.9 Å². The maximum atomic E-state index is 11.3. The molecule has 0 N–H and O–H groups in total. The van der Waals surface area contributed by atoms with Crippen molar-refractivity contribution in [3.8, 4) is 0 Å². The zero-order valence-corrected chi connectivity index (χ0v) is 9.88. The zero-order chi connectivity index (χ0) is 11.3. The first kappa shape index (κ1) is 12.5. The lowest BCUT2D eigenvalue weighted by atomic mass is 9.98. The number of rotatable bonds is 4. The first-order valence-electron chi connectivity index (χ1n) is 5.34. The molecule has 1 fully saturated rings. The molecule has 0 unspecified atom stereocenters. The highest BCUT2D eigenvalue weighted by Crippen LogP contribution is 2.20. The summed E-state index contributed by atoms with van der Waals surface area (Å²) >= 11 is 0. The fourth-order valence-electron chi connectivity index (χ4n) is 1.70. The highest BCUT2D eigenvalue weighted by molar-refractivity contribution is 7.90. The van der Waals surface area contributed by atoms with E-state index in [2.05, 4.69) is 0 Å². The Balaban J connectivity index is 2.23. The van der Waals surface area contributed by atoms with Crippen LogP contribution in [0, 0.1) is 0 Å². The Bertz CT molecular complexity index is 301. The molecular formula is C10H18O4S. The molecule has 0 spiro atoms. The average Bonchev–Trinajstić information content (AvgIpc) is 2.15. The summed E-state index contributed by atoms with van der Waals surface area (Å²) in [5.74, 6) is -0.495. The second-order valence-electron chi connectivity index (χ2n) is 4.13. The van der Waals surface area contributed by atoms with E-state index >= 15 is 0 Å². The van der Waals surface area contributed by atoms with Gasteiger partial charge in [0.1, 0.15) is 15.9 Å². The Morgan fingerprint density at radius 1 is 1.27 bits per heavy atom. The Morgan fingerprint density at radius 2 is 1.87 bits per heavy atom. The number of hydrogen-bond acceptors (Lipinski definition) is 4. The highest BCUT2D eigenvalue weighted by atomic mass is 32.2. The Kier molecular flexibility index (Phi) is 4.57. The Morgan fingerprint density at radius 3 is 2.40 bits per heavy atom. The molecule has 0 radical (unpaired) electrons. The van der Waals surface area contributed by atoms with Crippen LogP contribution in [-0.2, 0) is 19.4 Å². The van der Waals surface area contributed by atoms with Crippen LogP contribution in [0.5, 0.6) is 0 Å². The average molecular weight is 234 g/mol. The second kappa shape index (κ2) is 5.49. The predicted octanol–water partition coefficient (Wildman–Crippen LogP) is 1.30. The molecule has 5 heteroatoms. The topological polar surface area (TPSA) is 60.4 Å². The number of hydrogen-bond donors (Lipinski definition) is 0. The molecule has 0 aliphatic heterocycles. The van der Waals surface area contributed by atoms with Crippen LogP contribution < -0.4 is 0 Å². The molecule has 0 heterocycles. The summed E-state index contributed by atoms with van der Waals surface area (Å²) in [6.45, 7) is 0. The Labute approximate surface area is 90.9 Å². The summed E-state index contributed by atoms with van der Waals surface area (Å²) in [4.78, 5) is 11.3. The maximum absolute atomic E-state index is 11.3. The van der Waals surface area contributed by atoms with Gasteiger partial charge < -0.3 is 4.74 Å². The monoisotopic (exact) mass is 234 g/mol. The van der Waals surface area contributed by atoms with Crippen LogP contribution in [0.1, 0.15) is 38.5 Å². The van der Waals surface area contributed by atoms with E-state index < -0.39 is 9.84 Å². The van der Waals surface area contributed by atoms with Crippen LogP contribution in [0.15, 0.2) is 0 Å². The van der Waals surface area contributed by atoms with Crippen molar-refractivity contribution in [2.45, 2.75) is 44.6 Å². The third-order valence-corrected chi connectivity index (χ3v) is 3.47. The highest BCUT2D eigenvalue weighted by Gasteiger charge is 2.18. The fourth-order valence-corrected chi connectivity index (χ4v) is 2.23. The smallest absolute Gasteiger partial charge is 0.307 e. The van der Waals surface area contributed by atoms with E-state index in [-0.39, 0.29) is 24.2 Å². The van der Waals surface area contributed by atoms with Gasteiger partial charge in [0.05, 0.1) is 12.2 Å². The van der Waals surface area contributed by atoms with Crippen LogP contribution in [0.25, 0.3) is 0 Å². The summed E-state index contributed by atoms with van der Waals surface area (Å²) in [5.41, 5.74) is 0. The van der Waals surface area contributed by atoms with Crippen molar-refractivity contribution in [3.05, 3.63) is 0 Å². The minimum Gasteiger partial charge on any atom is -0.462 e. The SMILES string of the molecule is CS(=O)(=O)CCC(=O)OC1CCCCC1. The van der Waals surface area contributed by atoms with Gasteiger partial charge in [0.15, 0.2) is 0 Å². The molecule has 0 aromatic carbocycles. The fraction of sp³-hybridized carbons (Fsp3) is 0.900. The van der Waals surface area contributed by atoms with E-state index in [1.54, 1.807) is 0 Å².